The van der Waals surface area contributed by atoms with Crippen molar-refractivity contribution < 1.29 is 9.90 Å². The van der Waals surface area contributed by atoms with E-state index in [0.717, 1.165) is 12.8 Å². The number of nitrogens with one attached hydrogen (secondary N) is 2. The predicted octanol–water partition coefficient (Wildman–Crippen LogP) is 1.24. The highest BCUT2D eigenvalue weighted by Gasteiger charge is 2.29. The molecule has 1 amide bonds. The highest BCUT2D eigenvalue weighted by molar-refractivity contribution is 5.94. The first-order chi connectivity index (χ1) is 9.90. The Morgan fingerprint density at radius 2 is 2.05 bits per heavy atom. The van der Waals surface area contributed by atoms with E-state index in [2.05, 4.69) is 15.3 Å². The Hall–Kier alpha value is -1.69. The molecule has 6 nitrogen and oxygen atoms in total. The minimum absolute atomic E-state index is 0.0361. The zero-order valence-electron chi connectivity index (χ0n) is 12.8. The van der Waals surface area contributed by atoms with Gasteiger partial charge in [-0.3, -0.25) is 9.59 Å². The maximum absolute atomic E-state index is 12.2. The molecule has 0 unspecified atom stereocenters. The molecule has 2 rings (SSSR count). The van der Waals surface area contributed by atoms with Gasteiger partial charge in [-0.1, -0.05) is 13.8 Å². The van der Waals surface area contributed by atoms with Crippen molar-refractivity contribution in [1.29, 1.82) is 0 Å². The summed E-state index contributed by atoms with van der Waals surface area (Å²) in [6.45, 7) is 5.52. The van der Waals surface area contributed by atoms with Crippen LogP contribution in [0.25, 0.3) is 0 Å². The number of hydrogen-bond acceptors (Lipinski definition) is 4. The number of aliphatic hydroxyl groups is 1. The summed E-state index contributed by atoms with van der Waals surface area (Å²) in [5.74, 6) is 0.523. The van der Waals surface area contributed by atoms with Crippen LogP contribution in [0.4, 0.5) is 0 Å². The predicted molar refractivity (Wildman–Crippen MR) is 79.4 cm³/mol. The Balaban J connectivity index is 2.14. The van der Waals surface area contributed by atoms with Gasteiger partial charge in [0.15, 0.2) is 0 Å². The van der Waals surface area contributed by atoms with Crippen LogP contribution in [0, 0.1) is 6.92 Å². The molecule has 0 aromatic carbocycles. The monoisotopic (exact) mass is 293 g/mol. The lowest BCUT2D eigenvalue weighted by atomic mass is 9.97. The second kappa shape index (κ2) is 5.97. The minimum Gasteiger partial charge on any atom is -0.388 e. The smallest absolute Gasteiger partial charge is 0.264 e. The van der Waals surface area contributed by atoms with Gasteiger partial charge in [-0.05, 0) is 32.6 Å². The first-order valence-electron chi connectivity index (χ1n) is 7.51. The zero-order chi connectivity index (χ0) is 15.6. The van der Waals surface area contributed by atoms with E-state index in [-0.39, 0.29) is 12.1 Å². The van der Waals surface area contributed by atoms with Crippen molar-refractivity contribution in [3.8, 4) is 0 Å². The molecule has 1 aromatic rings. The van der Waals surface area contributed by atoms with E-state index >= 15 is 0 Å². The van der Waals surface area contributed by atoms with Crippen LogP contribution in [0.5, 0.6) is 0 Å². The number of carbonyl (C=O) groups is 1. The molecule has 1 saturated carbocycles. The summed E-state index contributed by atoms with van der Waals surface area (Å²) < 4.78 is 0. The van der Waals surface area contributed by atoms with Crippen LogP contribution >= 0.6 is 0 Å². The molecule has 3 N–H and O–H groups in total. The topological polar surface area (TPSA) is 95.1 Å². The fourth-order valence-corrected chi connectivity index (χ4v) is 2.26. The fourth-order valence-electron chi connectivity index (χ4n) is 2.26. The van der Waals surface area contributed by atoms with E-state index in [1.54, 1.807) is 6.92 Å². The average molecular weight is 293 g/mol. The van der Waals surface area contributed by atoms with E-state index in [1.165, 1.54) is 0 Å². The molecule has 0 aliphatic heterocycles. The van der Waals surface area contributed by atoms with Crippen LogP contribution in [0.3, 0.4) is 0 Å². The van der Waals surface area contributed by atoms with Crippen molar-refractivity contribution in [1.82, 2.24) is 15.3 Å². The summed E-state index contributed by atoms with van der Waals surface area (Å²) in [5.41, 5.74) is -0.861. The summed E-state index contributed by atoms with van der Waals surface area (Å²) >= 11 is 0. The molecule has 1 heterocycles. The van der Waals surface area contributed by atoms with Gasteiger partial charge in [-0.25, -0.2) is 4.98 Å². The van der Waals surface area contributed by atoms with Crippen LogP contribution in [0.2, 0.25) is 0 Å². The average Bonchev–Trinajstić information content (AvgIpc) is 3.28. The van der Waals surface area contributed by atoms with Gasteiger partial charge in [0, 0.05) is 12.5 Å². The minimum atomic E-state index is -0.933. The Bertz CT molecular complexity index is 586. The number of rotatable bonds is 6. The Morgan fingerprint density at radius 3 is 2.52 bits per heavy atom. The molecule has 0 atom stereocenters. The molecule has 21 heavy (non-hydrogen) atoms. The number of aromatic nitrogens is 2. The van der Waals surface area contributed by atoms with Crippen LogP contribution in [-0.2, 0) is 0 Å². The number of carbonyl (C=O) groups excluding carboxylic acids is 1. The van der Waals surface area contributed by atoms with E-state index in [1.807, 2.05) is 13.8 Å². The van der Waals surface area contributed by atoms with Crippen molar-refractivity contribution in [3.63, 3.8) is 0 Å². The number of hydrogen-bond donors (Lipinski definition) is 3. The number of aryl methyl sites for hydroxylation is 1. The maximum atomic E-state index is 12.2. The first kappa shape index (κ1) is 15.7. The summed E-state index contributed by atoms with van der Waals surface area (Å²) in [6, 6.07) is 0. The van der Waals surface area contributed by atoms with Gasteiger partial charge in [0.25, 0.3) is 11.5 Å². The maximum Gasteiger partial charge on any atom is 0.264 e. The van der Waals surface area contributed by atoms with Crippen molar-refractivity contribution in [2.24, 2.45) is 0 Å². The molecular weight excluding hydrogens is 270 g/mol. The summed E-state index contributed by atoms with van der Waals surface area (Å²) in [6.07, 6.45) is 3.15. The summed E-state index contributed by atoms with van der Waals surface area (Å²) in [7, 11) is 0. The lowest BCUT2D eigenvalue weighted by Gasteiger charge is -2.25. The molecule has 1 aliphatic rings. The summed E-state index contributed by atoms with van der Waals surface area (Å²) in [5, 5.41) is 12.8. The third-order valence-electron chi connectivity index (χ3n) is 4.20. The molecule has 0 bridgehead atoms. The van der Waals surface area contributed by atoms with E-state index < -0.39 is 17.1 Å². The standard InChI is InChI=1S/C15H23N3O3/c1-4-15(21,5-2)8-16-13(19)11-9(3)17-12(10-6-7-10)18-14(11)20/h10,21H,4-8H2,1-3H3,(H,16,19)(H,17,18,20). The van der Waals surface area contributed by atoms with Gasteiger partial charge >= 0.3 is 0 Å². The number of aromatic amines is 1. The van der Waals surface area contributed by atoms with Crippen LogP contribution in [-0.4, -0.2) is 33.1 Å². The van der Waals surface area contributed by atoms with Crippen molar-refractivity contribution in [2.45, 2.75) is 58.0 Å². The molecule has 1 fully saturated rings. The van der Waals surface area contributed by atoms with Crippen molar-refractivity contribution in [2.75, 3.05) is 6.54 Å². The normalized spacial score (nSPS) is 15.0. The molecule has 116 valence electrons. The van der Waals surface area contributed by atoms with E-state index in [0.29, 0.717) is 30.3 Å². The molecular formula is C15H23N3O3. The second-order valence-electron chi connectivity index (χ2n) is 5.80. The lowest BCUT2D eigenvalue weighted by molar-refractivity contribution is 0.0313. The quantitative estimate of drug-likeness (QED) is 0.735. The molecule has 0 radical (unpaired) electrons. The van der Waals surface area contributed by atoms with Crippen LogP contribution < -0.4 is 10.9 Å². The largest absolute Gasteiger partial charge is 0.388 e. The van der Waals surface area contributed by atoms with Crippen LogP contribution in [0.15, 0.2) is 4.79 Å². The molecule has 1 aliphatic carbocycles. The third kappa shape index (κ3) is 3.50. The lowest BCUT2D eigenvalue weighted by Crippen LogP contribution is -2.43. The van der Waals surface area contributed by atoms with Gasteiger partial charge in [0.2, 0.25) is 0 Å². The first-order valence-corrected chi connectivity index (χ1v) is 7.51. The van der Waals surface area contributed by atoms with E-state index in [9.17, 15) is 14.7 Å². The fraction of sp³-hybridized carbons (Fsp3) is 0.667. The van der Waals surface area contributed by atoms with Gasteiger partial charge in [-0.2, -0.15) is 0 Å². The van der Waals surface area contributed by atoms with Crippen molar-refractivity contribution in [3.05, 3.63) is 27.4 Å². The second-order valence-corrected chi connectivity index (χ2v) is 5.80. The van der Waals surface area contributed by atoms with Gasteiger partial charge in [-0.15, -0.1) is 0 Å². The third-order valence-corrected chi connectivity index (χ3v) is 4.20. The Morgan fingerprint density at radius 1 is 1.43 bits per heavy atom. The zero-order valence-corrected chi connectivity index (χ0v) is 12.8. The number of H-pyrrole nitrogens is 1. The van der Waals surface area contributed by atoms with Gasteiger partial charge in [0.1, 0.15) is 11.4 Å². The molecule has 6 heteroatoms. The highest BCUT2D eigenvalue weighted by atomic mass is 16.3. The highest BCUT2D eigenvalue weighted by Crippen LogP contribution is 2.37. The molecule has 0 saturated heterocycles. The number of amides is 1. The SMILES string of the molecule is CCC(O)(CC)CNC(=O)c1c(C)nc(C2CC2)[nH]c1=O. The molecule has 0 spiro atoms. The summed E-state index contributed by atoms with van der Waals surface area (Å²) in [4.78, 5) is 31.3. The van der Waals surface area contributed by atoms with E-state index in [4.69, 9.17) is 0 Å². The molecule has 1 aromatic heterocycles. The van der Waals surface area contributed by atoms with Crippen molar-refractivity contribution >= 4 is 5.91 Å². The number of nitrogens with zero attached hydrogens (tertiary/aromatic N) is 1. The van der Waals surface area contributed by atoms with Crippen LogP contribution in [0.1, 0.15) is 67.3 Å². The van der Waals surface area contributed by atoms with Gasteiger partial charge < -0.3 is 15.4 Å². The van der Waals surface area contributed by atoms with Gasteiger partial charge in [0.05, 0.1) is 11.3 Å². The Labute approximate surface area is 124 Å². The Kier molecular flexibility index (Phi) is 4.46.